The second-order valence-electron chi connectivity index (χ2n) is 3.00. The number of nitrogens with one attached hydrogen (secondary N) is 1. The Kier molecular flexibility index (Phi) is 3.29. The highest BCUT2D eigenvalue weighted by Crippen LogP contribution is 2.17. The van der Waals surface area contributed by atoms with E-state index < -0.39 is 0 Å². The van der Waals surface area contributed by atoms with Crippen molar-refractivity contribution in [3.8, 4) is 5.75 Å². The van der Waals surface area contributed by atoms with Gasteiger partial charge in [0.25, 0.3) is 5.91 Å². The van der Waals surface area contributed by atoms with Crippen LogP contribution >= 0.6 is 0 Å². The number of rotatable bonds is 3. The quantitative estimate of drug-likeness (QED) is 0.713. The summed E-state index contributed by atoms with van der Waals surface area (Å²) in [6.07, 6.45) is 1.60. The minimum absolute atomic E-state index is 0.135. The van der Waals surface area contributed by atoms with Gasteiger partial charge in [-0.25, -0.2) is 0 Å². The maximum atomic E-state index is 11.4. The molecule has 0 unspecified atom stereocenters. The molecule has 14 heavy (non-hydrogen) atoms. The number of phenols is 1. The van der Waals surface area contributed by atoms with Gasteiger partial charge < -0.3 is 10.4 Å². The SMILES string of the molecule is C=CCNC(=O)c1ccc(C)c(O)c1. The molecule has 3 nitrogen and oxygen atoms in total. The molecule has 0 atom stereocenters. The summed E-state index contributed by atoms with van der Waals surface area (Å²) in [6, 6.07) is 4.83. The molecule has 0 fully saturated rings. The Balaban J connectivity index is 2.80. The molecule has 1 amide bonds. The number of benzene rings is 1. The van der Waals surface area contributed by atoms with Crippen LogP contribution < -0.4 is 5.32 Å². The zero-order valence-electron chi connectivity index (χ0n) is 8.08. The molecular weight excluding hydrogens is 178 g/mol. The largest absolute Gasteiger partial charge is 0.508 e. The number of amides is 1. The van der Waals surface area contributed by atoms with Gasteiger partial charge in [-0.3, -0.25) is 4.79 Å². The number of carbonyl (C=O) groups is 1. The van der Waals surface area contributed by atoms with Crippen molar-refractivity contribution in [2.75, 3.05) is 6.54 Å². The molecule has 0 aromatic heterocycles. The lowest BCUT2D eigenvalue weighted by Gasteiger charge is -2.04. The first-order chi connectivity index (χ1) is 6.65. The van der Waals surface area contributed by atoms with Crippen LogP contribution in [0.3, 0.4) is 0 Å². The van der Waals surface area contributed by atoms with Gasteiger partial charge in [0.2, 0.25) is 0 Å². The number of carbonyl (C=O) groups excluding carboxylic acids is 1. The third-order valence-corrected chi connectivity index (χ3v) is 1.88. The van der Waals surface area contributed by atoms with Crippen LogP contribution in [-0.2, 0) is 0 Å². The van der Waals surface area contributed by atoms with Gasteiger partial charge in [0.05, 0.1) is 0 Å². The summed E-state index contributed by atoms with van der Waals surface area (Å²) < 4.78 is 0. The summed E-state index contributed by atoms with van der Waals surface area (Å²) in [7, 11) is 0. The fourth-order valence-corrected chi connectivity index (χ4v) is 1.02. The van der Waals surface area contributed by atoms with Crippen molar-refractivity contribution in [2.24, 2.45) is 0 Å². The molecule has 0 spiro atoms. The van der Waals surface area contributed by atoms with Gasteiger partial charge in [-0.15, -0.1) is 6.58 Å². The summed E-state index contributed by atoms with van der Waals surface area (Å²) in [5, 5.41) is 12.0. The number of aromatic hydroxyl groups is 1. The first-order valence-electron chi connectivity index (χ1n) is 4.34. The Hall–Kier alpha value is -1.77. The molecule has 0 aliphatic carbocycles. The summed E-state index contributed by atoms with van der Waals surface area (Å²) >= 11 is 0. The Morgan fingerprint density at radius 1 is 1.64 bits per heavy atom. The van der Waals surface area contributed by atoms with Gasteiger partial charge >= 0.3 is 0 Å². The molecule has 0 saturated carbocycles. The van der Waals surface area contributed by atoms with E-state index in [0.717, 1.165) is 5.56 Å². The number of phenolic OH excluding ortho intramolecular Hbond substituents is 1. The minimum atomic E-state index is -0.208. The van der Waals surface area contributed by atoms with Crippen molar-refractivity contribution >= 4 is 5.91 Å². The lowest BCUT2D eigenvalue weighted by atomic mass is 10.1. The molecule has 1 rings (SSSR count). The van der Waals surface area contributed by atoms with E-state index in [0.29, 0.717) is 12.1 Å². The highest BCUT2D eigenvalue weighted by molar-refractivity contribution is 5.94. The van der Waals surface area contributed by atoms with E-state index in [2.05, 4.69) is 11.9 Å². The molecular formula is C11H13NO2. The van der Waals surface area contributed by atoms with Crippen LogP contribution in [0.2, 0.25) is 0 Å². The van der Waals surface area contributed by atoms with Crippen LogP contribution in [0, 0.1) is 6.92 Å². The van der Waals surface area contributed by atoms with Crippen LogP contribution in [0.25, 0.3) is 0 Å². The molecule has 2 N–H and O–H groups in total. The lowest BCUT2D eigenvalue weighted by Crippen LogP contribution is -2.23. The van der Waals surface area contributed by atoms with Crippen molar-refractivity contribution in [2.45, 2.75) is 6.92 Å². The van der Waals surface area contributed by atoms with E-state index in [9.17, 15) is 9.90 Å². The molecule has 0 bridgehead atoms. The maximum Gasteiger partial charge on any atom is 0.251 e. The number of hydrogen-bond donors (Lipinski definition) is 2. The van der Waals surface area contributed by atoms with Crippen molar-refractivity contribution in [1.82, 2.24) is 5.32 Å². The van der Waals surface area contributed by atoms with E-state index >= 15 is 0 Å². The molecule has 0 radical (unpaired) electrons. The number of hydrogen-bond acceptors (Lipinski definition) is 2. The maximum absolute atomic E-state index is 11.4. The predicted octanol–water partition coefficient (Wildman–Crippen LogP) is 1.62. The molecule has 1 aromatic rings. The lowest BCUT2D eigenvalue weighted by molar-refractivity contribution is 0.0957. The van der Waals surface area contributed by atoms with Crippen molar-refractivity contribution in [1.29, 1.82) is 0 Å². The molecule has 0 saturated heterocycles. The smallest absolute Gasteiger partial charge is 0.251 e. The second kappa shape index (κ2) is 4.46. The van der Waals surface area contributed by atoms with Crippen LogP contribution in [0.1, 0.15) is 15.9 Å². The summed E-state index contributed by atoms with van der Waals surface area (Å²) in [6.45, 7) is 5.70. The zero-order valence-corrected chi connectivity index (χ0v) is 8.08. The first kappa shape index (κ1) is 10.3. The number of aryl methyl sites for hydroxylation is 1. The van der Waals surface area contributed by atoms with Gasteiger partial charge in [-0.05, 0) is 24.6 Å². The van der Waals surface area contributed by atoms with E-state index in [1.165, 1.54) is 6.07 Å². The van der Waals surface area contributed by atoms with Gasteiger partial charge in [-0.1, -0.05) is 12.1 Å². The van der Waals surface area contributed by atoms with Crippen molar-refractivity contribution < 1.29 is 9.90 Å². The fourth-order valence-electron chi connectivity index (χ4n) is 1.02. The van der Waals surface area contributed by atoms with E-state index in [4.69, 9.17) is 0 Å². The molecule has 0 aliphatic rings. The topological polar surface area (TPSA) is 49.3 Å². The van der Waals surface area contributed by atoms with Gasteiger partial charge in [0, 0.05) is 12.1 Å². The highest BCUT2D eigenvalue weighted by Gasteiger charge is 2.05. The Labute approximate surface area is 83.1 Å². The molecule has 74 valence electrons. The van der Waals surface area contributed by atoms with E-state index in [1.807, 2.05) is 0 Å². The fraction of sp³-hybridized carbons (Fsp3) is 0.182. The summed E-state index contributed by atoms with van der Waals surface area (Å²) in [5.41, 5.74) is 1.21. The van der Waals surface area contributed by atoms with Crippen molar-refractivity contribution in [3.05, 3.63) is 42.0 Å². The van der Waals surface area contributed by atoms with Crippen LogP contribution in [0.4, 0.5) is 0 Å². The minimum Gasteiger partial charge on any atom is -0.508 e. The Morgan fingerprint density at radius 2 is 2.36 bits per heavy atom. The molecule has 1 aromatic carbocycles. The normalized spacial score (nSPS) is 9.50. The van der Waals surface area contributed by atoms with Gasteiger partial charge in [0.15, 0.2) is 0 Å². The Morgan fingerprint density at radius 3 is 2.93 bits per heavy atom. The Bertz CT molecular complexity index is 358. The van der Waals surface area contributed by atoms with E-state index in [-0.39, 0.29) is 11.7 Å². The third kappa shape index (κ3) is 2.36. The third-order valence-electron chi connectivity index (χ3n) is 1.88. The summed E-state index contributed by atoms with van der Waals surface area (Å²) in [4.78, 5) is 11.4. The average molecular weight is 191 g/mol. The highest BCUT2D eigenvalue weighted by atomic mass is 16.3. The average Bonchev–Trinajstić information content (AvgIpc) is 2.18. The monoisotopic (exact) mass is 191 g/mol. The van der Waals surface area contributed by atoms with Gasteiger partial charge in [0.1, 0.15) is 5.75 Å². The second-order valence-corrected chi connectivity index (χ2v) is 3.00. The van der Waals surface area contributed by atoms with E-state index in [1.54, 1.807) is 25.1 Å². The van der Waals surface area contributed by atoms with Gasteiger partial charge in [-0.2, -0.15) is 0 Å². The first-order valence-corrected chi connectivity index (χ1v) is 4.34. The molecule has 3 heteroatoms. The standard InChI is InChI=1S/C11H13NO2/c1-3-6-12-11(14)9-5-4-8(2)10(13)7-9/h3-5,7,13H,1,6H2,2H3,(H,12,14). The van der Waals surface area contributed by atoms with Crippen LogP contribution in [-0.4, -0.2) is 17.6 Å². The van der Waals surface area contributed by atoms with Crippen molar-refractivity contribution in [3.63, 3.8) is 0 Å². The molecule has 0 aliphatic heterocycles. The molecule has 0 heterocycles. The van der Waals surface area contributed by atoms with Crippen LogP contribution in [0.5, 0.6) is 5.75 Å². The predicted molar refractivity (Wildman–Crippen MR) is 55.4 cm³/mol. The zero-order chi connectivity index (χ0) is 10.6. The summed E-state index contributed by atoms with van der Waals surface area (Å²) in [5.74, 6) is -0.0727. The van der Waals surface area contributed by atoms with Crippen LogP contribution in [0.15, 0.2) is 30.9 Å².